The lowest BCUT2D eigenvalue weighted by Gasteiger charge is -2.17. The smallest absolute Gasteiger partial charge is 0.258 e. The van der Waals surface area contributed by atoms with Gasteiger partial charge in [0.05, 0.1) is 22.9 Å². The summed E-state index contributed by atoms with van der Waals surface area (Å²) in [6.07, 6.45) is 1.92. The Labute approximate surface area is 151 Å². The van der Waals surface area contributed by atoms with Crippen molar-refractivity contribution in [3.05, 3.63) is 40.1 Å². The van der Waals surface area contributed by atoms with Crippen LogP contribution in [0.5, 0.6) is 0 Å². The van der Waals surface area contributed by atoms with E-state index in [4.69, 9.17) is 4.42 Å². The zero-order chi connectivity index (χ0) is 18.4. The molecule has 1 fully saturated rings. The van der Waals surface area contributed by atoms with Crippen molar-refractivity contribution in [3.63, 3.8) is 0 Å². The Morgan fingerprint density at radius 1 is 1.38 bits per heavy atom. The highest BCUT2D eigenvalue weighted by Gasteiger charge is 2.38. The van der Waals surface area contributed by atoms with Crippen molar-refractivity contribution >= 4 is 11.7 Å². The number of aromatic nitrogens is 2. The van der Waals surface area contributed by atoms with E-state index >= 15 is 0 Å². The van der Waals surface area contributed by atoms with Gasteiger partial charge in [0.2, 0.25) is 0 Å². The molecule has 1 aliphatic carbocycles. The van der Waals surface area contributed by atoms with Gasteiger partial charge in [-0.2, -0.15) is 5.10 Å². The molecule has 2 atom stereocenters. The first-order chi connectivity index (χ1) is 12.4. The second-order valence-electron chi connectivity index (χ2n) is 7.39. The summed E-state index contributed by atoms with van der Waals surface area (Å²) in [5, 5.41) is 17.5. The highest BCUT2D eigenvalue weighted by molar-refractivity contribution is 6.10. The van der Waals surface area contributed by atoms with Gasteiger partial charge in [0.1, 0.15) is 11.5 Å². The van der Waals surface area contributed by atoms with Crippen molar-refractivity contribution in [2.45, 2.75) is 45.6 Å². The number of carbonyl (C=O) groups excluding carboxylic acids is 2. The Morgan fingerprint density at radius 3 is 2.92 bits per heavy atom. The Morgan fingerprint density at radius 2 is 2.19 bits per heavy atom. The van der Waals surface area contributed by atoms with Gasteiger partial charge >= 0.3 is 0 Å². The molecular formula is C19H23N3O4. The first kappa shape index (κ1) is 17.0. The van der Waals surface area contributed by atoms with Gasteiger partial charge in [-0.25, -0.2) is 0 Å². The van der Waals surface area contributed by atoms with E-state index in [2.05, 4.69) is 10.2 Å². The Balaban J connectivity index is 1.54. The monoisotopic (exact) mass is 357 g/mol. The topological polar surface area (TPSA) is 99.4 Å². The van der Waals surface area contributed by atoms with Crippen LogP contribution in [0.2, 0.25) is 0 Å². The van der Waals surface area contributed by atoms with Gasteiger partial charge in [0.25, 0.3) is 5.91 Å². The minimum absolute atomic E-state index is 0.0188. The number of aliphatic hydroxyl groups is 1. The molecule has 2 aromatic heterocycles. The van der Waals surface area contributed by atoms with Gasteiger partial charge in [-0.1, -0.05) is 0 Å². The second kappa shape index (κ2) is 6.39. The van der Waals surface area contributed by atoms with Crippen molar-refractivity contribution in [1.29, 1.82) is 0 Å². The standard InChI is InChI=1S/C19H23N3O4/c1-10-6-13(21-20-10)7-12-8-22(9-15(12)24)19(25)17-11(2)26-16-5-3-4-14(23)18(16)17/h6,12,15,24H,3-5,7-9H2,1-2H3,(H,20,21)/t12-,15-/m1/s1. The van der Waals surface area contributed by atoms with Gasteiger partial charge in [-0.3, -0.25) is 14.7 Å². The number of H-pyrrole nitrogens is 1. The molecule has 1 aliphatic heterocycles. The quantitative estimate of drug-likeness (QED) is 0.873. The van der Waals surface area contributed by atoms with Gasteiger partial charge in [0, 0.05) is 37.5 Å². The number of nitrogens with one attached hydrogen (secondary N) is 1. The Hall–Kier alpha value is -2.41. The summed E-state index contributed by atoms with van der Waals surface area (Å²) >= 11 is 0. The normalized spacial score (nSPS) is 22.7. The van der Waals surface area contributed by atoms with Crippen molar-refractivity contribution in [3.8, 4) is 0 Å². The van der Waals surface area contributed by atoms with E-state index in [0.29, 0.717) is 48.5 Å². The van der Waals surface area contributed by atoms with E-state index < -0.39 is 6.10 Å². The predicted octanol–water partition coefficient (Wildman–Crippen LogP) is 1.81. The number of β-amino-alcohol motifs (C(OH)–C–C–N with tert-alkyl or cyclic N) is 1. The lowest BCUT2D eigenvalue weighted by atomic mass is 9.93. The zero-order valence-electron chi connectivity index (χ0n) is 15.0. The van der Waals surface area contributed by atoms with Crippen molar-refractivity contribution in [2.75, 3.05) is 13.1 Å². The summed E-state index contributed by atoms with van der Waals surface area (Å²) in [4.78, 5) is 27.0. The molecule has 26 heavy (non-hydrogen) atoms. The summed E-state index contributed by atoms with van der Waals surface area (Å²) in [7, 11) is 0. The molecule has 0 saturated carbocycles. The third-order valence-corrected chi connectivity index (χ3v) is 5.38. The molecule has 0 radical (unpaired) electrons. The van der Waals surface area contributed by atoms with Crippen LogP contribution in [-0.4, -0.2) is 51.1 Å². The lowest BCUT2D eigenvalue weighted by molar-refractivity contribution is 0.0758. The van der Waals surface area contributed by atoms with Crippen LogP contribution in [0.3, 0.4) is 0 Å². The maximum Gasteiger partial charge on any atom is 0.258 e. The Kier molecular flexibility index (Phi) is 4.19. The summed E-state index contributed by atoms with van der Waals surface area (Å²) < 4.78 is 5.70. The molecule has 0 bridgehead atoms. The highest BCUT2D eigenvalue weighted by atomic mass is 16.3. The molecule has 0 unspecified atom stereocenters. The molecule has 1 saturated heterocycles. The van der Waals surface area contributed by atoms with Crippen LogP contribution in [0, 0.1) is 19.8 Å². The van der Waals surface area contributed by atoms with Crippen molar-refractivity contribution < 1.29 is 19.1 Å². The van der Waals surface area contributed by atoms with E-state index in [0.717, 1.165) is 17.8 Å². The molecule has 4 rings (SSSR count). The summed E-state index contributed by atoms with van der Waals surface area (Å²) in [6.45, 7) is 4.37. The van der Waals surface area contributed by atoms with E-state index in [1.165, 1.54) is 0 Å². The third-order valence-electron chi connectivity index (χ3n) is 5.38. The molecule has 7 nitrogen and oxygen atoms in total. The second-order valence-corrected chi connectivity index (χ2v) is 7.39. The number of fused-ring (bicyclic) bond motifs is 1. The average Bonchev–Trinajstić information content (AvgIpc) is 3.26. The van der Waals surface area contributed by atoms with Crippen LogP contribution >= 0.6 is 0 Å². The van der Waals surface area contributed by atoms with Gasteiger partial charge < -0.3 is 14.4 Å². The van der Waals surface area contributed by atoms with E-state index in [-0.39, 0.29) is 24.2 Å². The van der Waals surface area contributed by atoms with Gasteiger partial charge in [0.15, 0.2) is 5.78 Å². The van der Waals surface area contributed by atoms with Crippen LogP contribution < -0.4 is 0 Å². The van der Waals surface area contributed by atoms with Crippen LogP contribution in [0.1, 0.15) is 56.5 Å². The van der Waals surface area contributed by atoms with Crippen molar-refractivity contribution in [1.82, 2.24) is 15.1 Å². The molecule has 0 spiro atoms. The number of aromatic amines is 1. The number of rotatable bonds is 3. The number of ketones is 1. The fraction of sp³-hybridized carbons (Fsp3) is 0.526. The van der Waals surface area contributed by atoms with Crippen molar-refractivity contribution in [2.24, 2.45) is 5.92 Å². The number of hydrogen-bond acceptors (Lipinski definition) is 5. The summed E-state index contributed by atoms with van der Waals surface area (Å²) in [5.74, 6) is 0.819. The summed E-state index contributed by atoms with van der Waals surface area (Å²) in [5.41, 5.74) is 2.69. The average molecular weight is 357 g/mol. The fourth-order valence-corrected chi connectivity index (χ4v) is 4.09. The molecule has 0 aromatic carbocycles. The third kappa shape index (κ3) is 2.86. The maximum atomic E-state index is 13.1. The number of Topliss-reactive ketones (excluding diaryl/α,β-unsaturated/α-hetero) is 1. The maximum absolute atomic E-state index is 13.1. The van der Waals surface area contributed by atoms with Gasteiger partial charge in [-0.15, -0.1) is 0 Å². The van der Waals surface area contributed by atoms with Crippen LogP contribution in [0.25, 0.3) is 0 Å². The number of aliphatic hydroxyl groups excluding tert-OH is 1. The highest BCUT2D eigenvalue weighted by Crippen LogP contribution is 2.32. The predicted molar refractivity (Wildman–Crippen MR) is 93.1 cm³/mol. The SMILES string of the molecule is Cc1cc(C[C@@H]2CN(C(=O)c3c(C)oc4c3C(=O)CCC4)C[C@H]2O)n[nH]1. The summed E-state index contributed by atoms with van der Waals surface area (Å²) in [6, 6.07) is 1.95. The van der Waals surface area contributed by atoms with Crippen LogP contribution in [0.4, 0.5) is 0 Å². The molecule has 2 aliphatic rings. The number of likely N-dealkylation sites (tertiary alicyclic amines) is 1. The largest absolute Gasteiger partial charge is 0.465 e. The molecule has 3 heterocycles. The number of carbonyl (C=O) groups is 2. The number of furan rings is 1. The minimum atomic E-state index is -0.602. The Bertz CT molecular complexity index is 866. The molecule has 2 aromatic rings. The lowest BCUT2D eigenvalue weighted by Crippen LogP contribution is -2.31. The van der Waals surface area contributed by atoms with Gasteiger partial charge in [-0.05, 0) is 32.8 Å². The fourth-order valence-electron chi connectivity index (χ4n) is 4.09. The zero-order valence-corrected chi connectivity index (χ0v) is 15.0. The van der Waals surface area contributed by atoms with Crippen LogP contribution in [-0.2, 0) is 12.8 Å². The molecular weight excluding hydrogens is 334 g/mol. The van der Waals surface area contributed by atoms with E-state index in [1.54, 1.807) is 11.8 Å². The van der Waals surface area contributed by atoms with Crippen LogP contribution in [0.15, 0.2) is 10.5 Å². The molecule has 7 heteroatoms. The number of nitrogens with zero attached hydrogens (tertiary/aromatic N) is 2. The number of hydrogen-bond donors (Lipinski definition) is 2. The molecule has 138 valence electrons. The molecule has 1 amide bonds. The molecule has 2 N–H and O–H groups in total. The number of amides is 1. The minimum Gasteiger partial charge on any atom is -0.465 e. The number of aryl methyl sites for hydroxylation is 3. The van der Waals surface area contributed by atoms with E-state index in [9.17, 15) is 14.7 Å². The first-order valence-electron chi connectivity index (χ1n) is 9.07. The van der Waals surface area contributed by atoms with E-state index in [1.807, 2.05) is 13.0 Å². The first-order valence-corrected chi connectivity index (χ1v) is 9.07.